The second-order valence-corrected chi connectivity index (χ2v) is 5.38. The number of nitrogens with one attached hydrogen (secondary N) is 1. The Labute approximate surface area is 113 Å². The van der Waals surface area contributed by atoms with Crippen LogP contribution in [0.3, 0.4) is 0 Å². The standard InChI is InChI=1S/C14H21N3O2/c1-10-9-16(11(2)8-15-10)12(3)13-5-4-6-14(7-13)17(18)19/h4-7,10-12,15H,8-9H2,1-3H3. The van der Waals surface area contributed by atoms with Gasteiger partial charge in [0.2, 0.25) is 0 Å². The van der Waals surface area contributed by atoms with Crippen LogP contribution in [0.15, 0.2) is 24.3 Å². The first kappa shape index (κ1) is 14.0. The number of non-ortho nitro benzene ring substituents is 1. The van der Waals surface area contributed by atoms with Gasteiger partial charge in [0, 0.05) is 43.3 Å². The normalized spacial score (nSPS) is 26.1. The second kappa shape index (κ2) is 5.67. The molecule has 1 fully saturated rings. The summed E-state index contributed by atoms with van der Waals surface area (Å²) in [5, 5.41) is 14.3. The molecule has 19 heavy (non-hydrogen) atoms. The molecule has 0 aliphatic carbocycles. The second-order valence-electron chi connectivity index (χ2n) is 5.38. The zero-order valence-electron chi connectivity index (χ0n) is 11.7. The molecule has 104 valence electrons. The van der Waals surface area contributed by atoms with Crippen molar-refractivity contribution in [1.29, 1.82) is 0 Å². The predicted molar refractivity (Wildman–Crippen MR) is 75.1 cm³/mol. The molecule has 1 aromatic rings. The number of nitro benzene ring substituents is 1. The molecule has 0 radical (unpaired) electrons. The molecule has 1 heterocycles. The summed E-state index contributed by atoms with van der Waals surface area (Å²) in [4.78, 5) is 12.9. The van der Waals surface area contributed by atoms with Crippen molar-refractivity contribution < 1.29 is 4.92 Å². The summed E-state index contributed by atoms with van der Waals surface area (Å²) < 4.78 is 0. The van der Waals surface area contributed by atoms with Crippen molar-refractivity contribution in [3.05, 3.63) is 39.9 Å². The van der Waals surface area contributed by atoms with Crippen molar-refractivity contribution in [2.24, 2.45) is 0 Å². The van der Waals surface area contributed by atoms with E-state index < -0.39 is 0 Å². The maximum absolute atomic E-state index is 10.9. The Morgan fingerprint density at radius 1 is 1.47 bits per heavy atom. The van der Waals surface area contributed by atoms with Crippen molar-refractivity contribution in [2.45, 2.75) is 38.9 Å². The van der Waals surface area contributed by atoms with Gasteiger partial charge in [0.25, 0.3) is 5.69 Å². The highest BCUT2D eigenvalue weighted by molar-refractivity contribution is 5.35. The van der Waals surface area contributed by atoms with Gasteiger partial charge in [-0.1, -0.05) is 12.1 Å². The van der Waals surface area contributed by atoms with Crippen LogP contribution in [0.4, 0.5) is 5.69 Å². The summed E-state index contributed by atoms with van der Waals surface area (Å²) in [5.74, 6) is 0. The van der Waals surface area contributed by atoms with Gasteiger partial charge < -0.3 is 5.32 Å². The van der Waals surface area contributed by atoms with Gasteiger partial charge in [-0.15, -0.1) is 0 Å². The molecule has 0 amide bonds. The Bertz CT molecular complexity index is 464. The molecular formula is C14H21N3O2. The molecule has 1 N–H and O–H groups in total. The lowest BCUT2D eigenvalue weighted by atomic mass is 10.0. The fraction of sp³-hybridized carbons (Fsp3) is 0.571. The third-order valence-electron chi connectivity index (χ3n) is 3.87. The summed E-state index contributed by atoms with van der Waals surface area (Å²) in [6.45, 7) is 8.39. The minimum Gasteiger partial charge on any atom is -0.311 e. The van der Waals surface area contributed by atoms with E-state index in [0.717, 1.165) is 18.7 Å². The van der Waals surface area contributed by atoms with Gasteiger partial charge >= 0.3 is 0 Å². The first-order chi connectivity index (χ1) is 8.99. The van der Waals surface area contributed by atoms with Crippen molar-refractivity contribution in [3.8, 4) is 0 Å². The van der Waals surface area contributed by atoms with Crippen LogP contribution in [0.5, 0.6) is 0 Å². The van der Waals surface area contributed by atoms with Crippen LogP contribution in [0.25, 0.3) is 0 Å². The molecular weight excluding hydrogens is 242 g/mol. The number of benzene rings is 1. The molecule has 0 saturated carbocycles. The monoisotopic (exact) mass is 263 g/mol. The summed E-state index contributed by atoms with van der Waals surface area (Å²) in [5.41, 5.74) is 1.18. The van der Waals surface area contributed by atoms with E-state index in [-0.39, 0.29) is 16.7 Å². The number of nitro groups is 1. The molecule has 2 rings (SSSR count). The minimum absolute atomic E-state index is 0.167. The third kappa shape index (κ3) is 3.11. The Morgan fingerprint density at radius 2 is 2.21 bits per heavy atom. The van der Waals surface area contributed by atoms with Gasteiger partial charge in [0.05, 0.1) is 4.92 Å². The van der Waals surface area contributed by atoms with Gasteiger partial charge in [0.1, 0.15) is 0 Å². The lowest BCUT2D eigenvalue weighted by Crippen LogP contribution is -2.54. The highest BCUT2D eigenvalue weighted by Gasteiger charge is 2.27. The molecule has 1 aromatic carbocycles. The van der Waals surface area contributed by atoms with Gasteiger partial charge in [-0.2, -0.15) is 0 Å². The van der Waals surface area contributed by atoms with Gasteiger partial charge in [-0.3, -0.25) is 15.0 Å². The average molecular weight is 263 g/mol. The van der Waals surface area contributed by atoms with E-state index in [2.05, 4.69) is 31.0 Å². The molecule has 0 bridgehead atoms. The molecule has 5 nitrogen and oxygen atoms in total. The first-order valence-electron chi connectivity index (χ1n) is 6.72. The molecule has 0 spiro atoms. The van der Waals surface area contributed by atoms with E-state index >= 15 is 0 Å². The highest BCUT2D eigenvalue weighted by Crippen LogP contribution is 2.26. The fourth-order valence-corrected chi connectivity index (χ4v) is 2.68. The number of hydrogen-bond donors (Lipinski definition) is 1. The van der Waals surface area contributed by atoms with E-state index in [1.165, 1.54) is 0 Å². The number of hydrogen-bond acceptors (Lipinski definition) is 4. The van der Waals surface area contributed by atoms with Crippen LogP contribution in [0.2, 0.25) is 0 Å². The van der Waals surface area contributed by atoms with E-state index in [1.54, 1.807) is 18.2 Å². The summed E-state index contributed by atoms with van der Waals surface area (Å²) >= 11 is 0. The molecule has 1 saturated heterocycles. The molecule has 1 aliphatic heterocycles. The molecule has 1 aliphatic rings. The maximum atomic E-state index is 10.9. The molecule has 3 unspecified atom stereocenters. The summed E-state index contributed by atoms with van der Waals surface area (Å²) in [7, 11) is 0. The van der Waals surface area contributed by atoms with Crippen LogP contribution in [0, 0.1) is 10.1 Å². The van der Waals surface area contributed by atoms with E-state index in [9.17, 15) is 10.1 Å². The SMILES string of the molecule is CC1CN(C(C)c2cccc([N+](=O)[O-])c2)C(C)CN1. The van der Waals surface area contributed by atoms with Crippen LogP contribution in [0.1, 0.15) is 32.4 Å². The number of rotatable bonds is 3. The van der Waals surface area contributed by atoms with Crippen LogP contribution < -0.4 is 5.32 Å². The van der Waals surface area contributed by atoms with Crippen molar-refractivity contribution >= 4 is 5.69 Å². The number of piperazine rings is 1. The minimum atomic E-state index is -0.333. The van der Waals surface area contributed by atoms with Crippen LogP contribution in [-0.4, -0.2) is 35.0 Å². The fourth-order valence-electron chi connectivity index (χ4n) is 2.68. The van der Waals surface area contributed by atoms with Crippen molar-refractivity contribution in [1.82, 2.24) is 10.2 Å². The third-order valence-corrected chi connectivity index (χ3v) is 3.87. The van der Waals surface area contributed by atoms with Gasteiger partial charge in [-0.25, -0.2) is 0 Å². The Morgan fingerprint density at radius 3 is 2.89 bits per heavy atom. The van der Waals surface area contributed by atoms with E-state index in [1.807, 2.05) is 6.07 Å². The number of nitrogens with zero attached hydrogens (tertiary/aromatic N) is 2. The van der Waals surface area contributed by atoms with E-state index in [4.69, 9.17) is 0 Å². The van der Waals surface area contributed by atoms with Gasteiger partial charge in [-0.05, 0) is 26.3 Å². The lowest BCUT2D eigenvalue weighted by molar-refractivity contribution is -0.385. The zero-order valence-corrected chi connectivity index (χ0v) is 11.7. The predicted octanol–water partition coefficient (Wildman–Crippen LogP) is 2.34. The molecule has 5 heteroatoms. The lowest BCUT2D eigenvalue weighted by Gasteiger charge is -2.41. The average Bonchev–Trinajstić information content (AvgIpc) is 2.41. The molecule has 3 atom stereocenters. The Kier molecular flexibility index (Phi) is 4.17. The molecule has 0 aromatic heterocycles. The summed E-state index contributed by atoms with van der Waals surface area (Å²) in [6.07, 6.45) is 0. The van der Waals surface area contributed by atoms with Crippen molar-refractivity contribution in [2.75, 3.05) is 13.1 Å². The van der Waals surface area contributed by atoms with Gasteiger partial charge in [0.15, 0.2) is 0 Å². The van der Waals surface area contributed by atoms with E-state index in [0.29, 0.717) is 12.1 Å². The maximum Gasteiger partial charge on any atom is 0.269 e. The zero-order chi connectivity index (χ0) is 14.0. The van der Waals surface area contributed by atoms with Crippen LogP contribution in [-0.2, 0) is 0 Å². The van der Waals surface area contributed by atoms with Crippen LogP contribution >= 0.6 is 0 Å². The highest BCUT2D eigenvalue weighted by atomic mass is 16.6. The largest absolute Gasteiger partial charge is 0.311 e. The summed E-state index contributed by atoms with van der Waals surface area (Å²) in [6, 6.07) is 8.05. The smallest absolute Gasteiger partial charge is 0.269 e. The Balaban J connectivity index is 2.20. The quantitative estimate of drug-likeness (QED) is 0.671. The van der Waals surface area contributed by atoms with Crippen molar-refractivity contribution in [3.63, 3.8) is 0 Å². The topological polar surface area (TPSA) is 58.4 Å². The first-order valence-corrected chi connectivity index (χ1v) is 6.72. The Hall–Kier alpha value is -1.46.